The molecule has 3 aromatic heterocycles. The fourth-order valence-electron chi connectivity index (χ4n) is 3.88. The summed E-state index contributed by atoms with van der Waals surface area (Å²) in [5.41, 5.74) is -5.61. The van der Waals surface area contributed by atoms with Crippen LogP contribution in [0.4, 0.5) is 36.4 Å². The van der Waals surface area contributed by atoms with E-state index in [4.69, 9.17) is 0 Å². The van der Waals surface area contributed by atoms with E-state index in [0.717, 1.165) is 12.3 Å². The lowest BCUT2D eigenvalue weighted by Crippen LogP contribution is -2.28. The number of aryl methyl sites for hydroxylation is 1. The fraction of sp³-hybridized carbons (Fsp3) is 0.250. The van der Waals surface area contributed by atoms with Crippen LogP contribution in [0, 0.1) is 17.1 Å². The molecule has 0 aliphatic rings. The molecule has 4 aromatic rings. The highest BCUT2D eigenvalue weighted by Crippen LogP contribution is 2.32. The highest BCUT2D eigenvalue weighted by Gasteiger charge is 2.37. The molecule has 0 spiro atoms. The van der Waals surface area contributed by atoms with E-state index >= 15 is 0 Å². The first-order valence-corrected chi connectivity index (χ1v) is 11.3. The largest absolute Gasteiger partial charge is 0.423 e. The van der Waals surface area contributed by atoms with Gasteiger partial charge in [-0.2, -0.15) is 36.7 Å². The van der Waals surface area contributed by atoms with E-state index < -0.39 is 52.1 Å². The van der Waals surface area contributed by atoms with Gasteiger partial charge in [-0.05, 0) is 36.4 Å². The van der Waals surface area contributed by atoms with E-state index in [1.165, 1.54) is 22.9 Å². The molecule has 0 aliphatic carbocycles. The molecule has 1 aromatic carbocycles. The standard InChI is InChI=1S/C24H16F7N7O2/c25-17-7-15-12(6-16(17)20-33-9-13(10-34-20)23(26,27)28)3-5-38(22(15)40)4-1-2-14(8-32)36-18-11-35-37-21(39)19(18)24(29,30)31/h3,5-7,9-11,14H,1-2,4H2,(H2,36,37,39)/t14-/m1/s1. The lowest BCUT2D eigenvalue weighted by Gasteiger charge is -2.16. The summed E-state index contributed by atoms with van der Waals surface area (Å²) in [6, 6.07) is 4.22. The Bertz CT molecular complexity index is 1710. The van der Waals surface area contributed by atoms with Crippen LogP contribution in [-0.4, -0.2) is 30.8 Å². The van der Waals surface area contributed by atoms with Crippen molar-refractivity contribution in [2.24, 2.45) is 0 Å². The molecule has 0 radical (unpaired) electrons. The van der Waals surface area contributed by atoms with Gasteiger partial charge in [-0.25, -0.2) is 19.5 Å². The highest BCUT2D eigenvalue weighted by molar-refractivity contribution is 5.86. The van der Waals surface area contributed by atoms with Crippen LogP contribution in [0.2, 0.25) is 0 Å². The van der Waals surface area contributed by atoms with Gasteiger partial charge in [0.25, 0.3) is 11.1 Å². The minimum atomic E-state index is -4.99. The molecular weight excluding hydrogens is 551 g/mol. The molecule has 0 saturated carbocycles. The summed E-state index contributed by atoms with van der Waals surface area (Å²) in [6.07, 6.45) is -6.41. The van der Waals surface area contributed by atoms with Crippen molar-refractivity contribution in [1.29, 1.82) is 5.26 Å². The van der Waals surface area contributed by atoms with Gasteiger partial charge in [0.15, 0.2) is 5.82 Å². The molecule has 1 atom stereocenters. The van der Waals surface area contributed by atoms with Gasteiger partial charge in [0, 0.05) is 25.1 Å². The second-order valence-corrected chi connectivity index (χ2v) is 8.48. The number of nitrogens with zero attached hydrogens (tertiary/aromatic N) is 5. The van der Waals surface area contributed by atoms with E-state index in [0.29, 0.717) is 12.4 Å². The molecule has 16 heteroatoms. The number of rotatable bonds is 7. The third-order valence-corrected chi connectivity index (χ3v) is 5.80. The van der Waals surface area contributed by atoms with Gasteiger partial charge in [-0.15, -0.1) is 0 Å². The van der Waals surface area contributed by atoms with E-state index in [-0.39, 0.29) is 41.5 Å². The molecule has 0 bridgehead atoms. The topological polar surface area (TPSA) is 129 Å². The number of nitriles is 1. The Kier molecular flexibility index (Phi) is 7.58. The van der Waals surface area contributed by atoms with Crippen molar-refractivity contribution >= 4 is 16.5 Å². The van der Waals surface area contributed by atoms with Crippen molar-refractivity contribution in [3.63, 3.8) is 0 Å². The summed E-state index contributed by atoms with van der Waals surface area (Å²) in [5, 5.41) is 16.9. The van der Waals surface area contributed by atoms with Gasteiger partial charge in [0.05, 0.1) is 34.5 Å². The lowest BCUT2D eigenvalue weighted by atomic mass is 10.1. The second-order valence-electron chi connectivity index (χ2n) is 8.48. The number of benzene rings is 1. The van der Waals surface area contributed by atoms with Crippen LogP contribution in [0.1, 0.15) is 24.0 Å². The van der Waals surface area contributed by atoms with Crippen LogP contribution >= 0.6 is 0 Å². The number of H-pyrrole nitrogens is 1. The lowest BCUT2D eigenvalue weighted by molar-refractivity contribution is -0.139. The zero-order valence-corrected chi connectivity index (χ0v) is 19.9. The van der Waals surface area contributed by atoms with Crippen LogP contribution < -0.4 is 16.4 Å². The minimum Gasteiger partial charge on any atom is -0.368 e. The SMILES string of the molecule is N#C[C@@H](CCCn1ccc2cc(-c3ncc(C(F)(F)F)cn3)c(F)cc2c1=O)Nc1cn[nH]c(=O)c1C(F)(F)F. The Labute approximate surface area is 218 Å². The van der Waals surface area contributed by atoms with Gasteiger partial charge >= 0.3 is 12.4 Å². The summed E-state index contributed by atoms with van der Waals surface area (Å²) in [6.45, 7) is 0.0137. The molecule has 9 nitrogen and oxygen atoms in total. The molecule has 2 N–H and O–H groups in total. The van der Waals surface area contributed by atoms with Gasteiger partial charge in [-0.1, -0.05) is 0 Å². The molecular formula is C24H16F7N7O2. The minimum absolute atomic E-state index is 0.0137. The van der Waals surface area contributed by atoms with Gasteiger partial charge < -0.3 is 9.88 Å². The number of aromatic nitrogens is 5. The molecule has 0 aliphatic heterocycles. The van der Waals surface area contributed by atoms with Gasteiger partial charge in [-0.3, -0.25) is 9.59 Å². The van der Waals surface area contributed by atoms with E-state index in [9.17, 15) is 45.6 Å². The smallest absolute Gasteiger partial charge is 0.368 e. The fourth-order valence-corrected chi connectivity index (χ4v) is 3.88. The predicted octanol–water partition coefficient (Wildman–Crippen LogP) is 4.50. The summed E-state index contributed by atoms with van der Waals surface area (Å²) < 4.78 is 94.0. The van der Waals surface area contributed by atoms with E-state index in [2.05, 4.69) is 20.4 Å². The number of nitrogens with one attached hydrogen (secondary N) is 2. The van der Waals surface area contributed by atoms with Crippen molar-refractivity contribution in [2.75, 3.05) is 5.32 Å². The first-order valence-electron chi connectivity index (χ1n) is 11.3. The number of fused-ring (bicyclic) bond motifs is 1. The van der Waals surface area contributed by atoms with Crippen molar-refractivity contribution in [1.82, 2.24) is 24.7 Å². The molecule has 208 valence electrons. The number of pyridine rings is 1. The normalized spacial score (nSPS) is 12.8. The van der Waals surface area contributed by atoms with Crippen LogP contribution in [0.15, 0.2) is 52.6 Å². The summed E-state index contributed by atoms with van der Waals surface area (Å²) >= 11 is 0. The first kappa shape index (κ1) is 28.2. The number of halogens is 7. The number of hydrogen-bond acceptors (Lipinski definition) is 7. The number of anilines is 1. The first-order chi connectivity index (χ1) is 18.8. The number of hydrogen-bond donors (Lipinski definition) is 2. The highest BCUT2D eigenvalue weighted by atomic mass is 19.4. The zero-order valence-electron chi connectivity index (χ0n) is 19.9. The predicted molar refractivity (Wildman–Crippen MR) is 126 cm³/mol. The molecule has 4 rings (SSSR count). The Morgan fingerprint density at radius 1 is 1.05 bits per heavy atom. The number of aromatic amines is 1. The molecule has 3 heterocycles. The van der Waals surface area contributed by atoms with Gasteiger partial charge in [0.2, 0.25) is 0 Å². The Balaban J connectivity index is 1.50. The Hall–Kier alpha value is -4.81. The molecule has 0 amide bonds. The summed E-state index contributed by atoms with van der Waals surface area (Å²) in [7, 11) is 0. The van der Waals surface area contributed by atoms with Crippen LogP contribution in [0.25, 0.3) is 22.2 Å². The maximum Gasteiger partial charge on any atom is 0.423 e. The van der Waals surface area contributed by atoms with E-state index in [1.54, 1.807) is 11.2 Å². The van der Waals surface area contributed by atoms with Crippen LogP contribution in [0.3, 0.4) is 0 Å². The third-order valence-electron chi connectivity index (χ3n) is 5.80. The Morgan fingerprint density at radius 3 is 2.38 bits per heavy atom. The van der Waals surface area contributed by atoms with Gasteiger partial charge in [0.1, 0.15) is 17.4 Å². The second kappa shape index (κ2) is 10.8. The van der Waals surface area contributed by atoms with Crippen molar-refractivity contribution in [3.05, 3.63) is 80.6 Å². The van der Waals surface area contributed by atoms with Crippen molar-refractivity contribution < 1.29 is 30.7 Å². The average Bonchev–Trinajstić information content (AvgIpc) is 2.88. The average molecular weight is 567 g/mol. The van der Waals surface area contributed by atoms with Crippen molar-refractivity contribution in [2.45, 2.75) is 37.8 Å². The third kappa shape index (κ3) is 5.92. The number of alkyl halides is 6. The summed E-state index contributed by atoms with van der Waals surface area (Å²) in [4.78, 5) is 31.6. The maximum absolute atomic E-state index is 14.8. The quantitative estimate of drug-likeness (QED) is 0.315. The Morgan fingerprint density at radius 2 is 1.75 bits per heavy atom. The molecule has 0 saturated heterocycles. The maximum atomic E-state index is 14.8. The molecule has 0 unspecified atom stereocenters. The zero-order chi connectivity index (χ0) is 29.2. The van der Waals surface area contributed by atoms with Crippen molar-refractivity contribution in [3.8, 4) is 17.5 Å². The monoisotopic (exact) mass is 567 g/mol. The van der Waals surface area contributed by atoms with E-state index in [1.807, 2.05) is 0 Å². The molecule has 0 fully saturated rings. The van der Waals surface area contributed by atoms with Crippen LogP contribution in [-0.2, 0) is 18.9 Å². The summed E-state index contributed by atoms with van der Waals surface area (Å²) in [5.74, 6) is -1.25. The molecule has 40 heavy (non-hydrogen) atoms. The van der Waals surface area contributed by atoms with Crippen LogP contribution in [0.5, 0.6) is 0 Å².